The van der Waals surface area contributed by atoms with Crippen molar-refractivity contribution in [1.82, 2.24) is 4.31 Å². The van der Waals surface area contributed by atoms with E-state index in [-0.39, 0.29) is 16.4 Å². The Bertz CT molecular complexity index is 983. The highest BCUT2D eigenvalue weighted by atomic mass is 32.2. The summed E-state index contributed by atoms with van der Waals surface area (Å²) in [6.07, 6.45) is 2.86. The van der Waals surface area contributed by atoms with Gasteiger partial charge in [0.2, 0.25) is 10.0 Å². The first-order valence-electron chi connectivity index (χ1n) is 9.70. The van der Waals surface area contributed by atoms with Crippen molar-refractivity contribution >= 4 is 27.6 Å². The highest BCUT2D eigenvalue weighted by Crippen LogP contribution is 2.34. The van der Waals surface area contributed by atoms with Gasteiger partial charge in [0, 0.05) is 23.5 Å². The quantitative estimate of drug-likeness (QED) is 0.512. The summed E-state index contributed by atoms with van der Waals surface area (Å²) < 4.78 is 38.0. The highest BCUT2D eigenvalue weighted by Gasteiger charge is 2.26. The summed E-state index contributed by atoms with van der Waals surface area (Å²) in [5.41, 5.74) is 0.507. The third kappa shape index (κ3) is 4.60. The van der Waals surface area contributed by atoms with E-state index in [2.05, 4.69) is 0 Å². The maximum atomic E-state index is 12.7. The summed E-state index contributed by atoms with van der Waals surface area (Å²) in [5, 5.41) is 0. The van der Waals surface area contributed by atoms with Crippen LogP contribution in [0.2, 0.25) is 0 Å². The Hall–Kier alpha value is -2.03. The molecule has 0 unspecified atom stereocenters. The van der Waals surface area contributed by atoms with Crippen molar-refractivity contribution in [2.75, 3.05) is 32.1 Å². The van der Waals surface area contributed by atoms with Crippen molar-refractivity contribution in [3.05, 3.63) is 48.0 Å². The van der Waals surface area contributed by atoms with E-state index in [1.54, 1.807) is 12.1 Å². The van der Waals surface area contributed by atoms with E-state index in [0.717, 1.165) is 29.9 Å². The number of Topliss-reactive ketones (excluding diaryl/α,β-unsaturated/α-hetero) is 1. The van der Waals surface area contributed by atoms with Gasteiger partial charge >= 0.3 is 0 Å². The first kappa shape index (κ1) is 20.3. The monoisotopic (exact) mass is 433 g/mol. The molecule has 154 valence electrons. The van der Waals surface area contributed by atoms with E-state index in [9.17, 15) is 13.2 Å². The van der Waals surface area contributed by atoms with Gasteiger partial charge in [-0.05, 0) is 43.2 Å². The fraction of sp³-hybridized carbons (Fsp3) is 0.381. The van der Waals surface area contributed by atoms with Gasteiger partial charge in [0.1, 0.15) is 13.2 Å². The van der Waals surface area contributed by atoms with Crippen LogP contribution in [0, 0.1) is 0 Å². The Morgan fingerprint density at radius 2 is 1.62 bits per heavy atom. The van der Waals surface area contributed by atoms with Crippen LogP contribution >= 0.6 is 11.8 Å². The minimum Gasteiger partial charge on any atom is -0.486 e. The SMILES string of the molecule is O=C(CSc1ccc2c(c1)OCCO2)c1ccc(S(=O)(=O)N2CCCCC2)cc1. The molecule has 1 saturated heterocycles. The molecule has 8 heteroatoms. The van der Waals surface area contributed by atoms with Gasteiger partial charge in [0.15, 0.2) is 17.3 Å². The van der Waals surface area contributed by atoms with Crippen molar-refractivity contribution in [2.24, 2.45) is 0 Å². The van der Waals surface area contributed by atoms with E-state index in [1.807, 2.05) is 18.2 Å². The molecule has 0 amide bonds. The van der Waals surface area contributed by atoms with Gasteiger partial charge in [-0.25, -0.2) is 8.42 Å². The Morgan fingerprint density at radius 3 is 2.34 bits per heavy atom. The number of carbonyl (C=O) groups is 1. The number of sulfonamides is 1. The molecule has 1 fully saturated rings. The van der Waals surface area contributed by atoms with Gasteiger partial charge in [-0.2, -0.15) is 4.31 Å². The Labute approximate surface area is 175 Å². The van der Waals surface area contributed by atoms with Gasteiger partial charge in [0.05, 0.1) is 10.6 Å². The molecule has 29 heavy (non-hydrogen) atoms. The fourth-order valence-corrected chi connectivity index (χ4v) is 5.75. The predicted octanol–water partition coefficient (Wildman–Crippen LogP) is 3.61. The second-order valence-electron chi connectivity index (χ2n) is 7.01. The minimum atomic E-state index is -3.48. The summed E-state index contributed by atoms with van der Waals surface area (Å²) in [6, 6.07) is 11.9. The van der Waals surface area contributed by atoms with Crippen LogP contribution in [0.4, 0.5) is 0 Å². The lowest BCUT2D eigenvalue weighted by molar-refractivity contribution is 0.102. The number of rotatable bonds is 6. The largest absolute Gasteiger partial charge is 0.486 e. The van der Waals surface area contributed by atoms with Crippen molar-refractivity contribution in [1.29, 1.82) is 0 Å². The molecular formula is C21H23NO5S2. The first-order chi connectivity index (χ1) is 14.0. The molecule has 0 bridgehead atoms. The zero-order valence-corrected chi connectivity index (χ0v) is 17.6. The lowest BCUT2D eigenvalue weighted by Crippen LogP contribution is -2.35. The van der Waals surface area contributed by atoms with Crippen molar-refractivity contribution in [3.63, 3.8) is 0 Å². The van der Waals surface area contributed by atoms with Gasteiger partial charge < -0.3 is 9.47 Å². The number of fused-ring (bicyclic) bond motifs is 1. The number of hydrogen-bond donors (Lipinski definition) is 0. The van der Waals surface area contributed by atoms with Crippen LogP contribution in [-0.4, -0.2) is 50.6 Å². The Kier molecular flexibility index (Phi) is 6.12. The second-order valence-corrected chi connectivity index (χ2v) is 9.99. The van der Waals surface area contributed by atoms with E-state index < -0.39 is 10.0 Å². The smallest absolute Gasteiger partial charge is 0.243 e. The molecule has 2 aromatic carbocycles. The Morgan fingerprint density at radius 1 is 0.931 bits per heavy atom. The van der Waals surface area contributed by atoms with E-state index in [0.29, 0.717) is 37.6 Å². The number of hydrogen-bond acceptors (Lipinski definition) is 6. The maximum Gasteiger partial charge on any atom is 0.243 e. The van der Waals surface area contributed by atoms with Crippen LogP contribution in [0.5, 0.6) is 11.5 Å². The number of ether oxygens (including phenoxy) is 2. The molecule has 0 spiro atoms. The molecule has 0 N–H and O–H groups in total. The minimum absolute atomic E-state index is 0.0493. The van der Waals surface area contributed by atoms with Crippen LogP contribution < -0.4 is 9.47 Å². The molecule has 0 atom stereocenters. The van der Waals surface area contributed by atoms with Gasteiger partial charge in [-0.1, -0.05) is 18.6 Å². The normalized spacial score (nSPS) is 17.1. The number of nitrogens with zero attached hydrogens (tertiary/aromatic N) is 1. The fourth-order valence-electron chi connectivity index (χ4n) is 3.41. The van der Waals surface area contributed by atoms with Crippen molar-refractivity contribution < 1.29 is 22.7 Å². The van der Waals surface area contributed by atoms with Crippen LogP contribution in [0.3, 0.4) is 0 Å². The molecule has 2 aliphatic rings. The highest BCUT2D eigenvalue weighted by molar-refractivity contribution is 8.00. The van der Waals surface area contributed by atoms with Crippen LogP contribution in [-0.2, 0) is 10.0 Å². The van der Waals surface area contributed by atoms with Gasteiger partial charge in [-0.15, -0.1) is 11.8 Å². The molecule has 4 rings (SSSR count). The molecule has 0 aromatic heterocycles. The third-order valence-electron chi connectivity index (χ3n) is 5.01. The number of benzene rings is 2. The average Bonchev–Trinajstić information content (AvgIpc) is 2.78. The molecule has 0 aliphatic carbocycles. The van der Waals surface area contributed by atoms with Crippen LogP contribution in [0.1, 0.15) is 29.6 Å². The number of piperidine rings is 1. The number of ketones is 1. The zero-order chi connectivity index (χ0) is 20.3. The third-order valence-corrected chi connectivity index (χ3v) is 7.92. The predicted molar refractivity (Wildman–Crippen MR) is 112 cm³/mol. The van der Waals surface area contributed by atoms with E-state index in [1.165, 1.54) is 28.2 Å². The molecular weight excluding hydrogens is 410 g/mol. The maximum absolute atomic E-state index is 12.7. The molecule has 0 radical (unpaired) electrons. The van der Waals surface area contributed by atoms with Gasteiger partial charge in [0.25, 0.3) is 0 Å². The lowest BCUT2D eigenvalue weighted by atomic mass is 10.1. The summed E-state index contributed by atoms with van der Waals surface area (Å²) in [7, 11) is -3.48. The number of carbonyl (C=O) groups excluding carboxylic acids is 1. The van der Waals surface area contributed by atoms with Crippen LogP contribution in [0.25, 0.3) is 0 Å². The molecule has 2 aliphatic heterocycles. The summed E-state index contributed by atoms with van der Waals surface area (Å²) >= 11 is 1.42. The molecule has 2 aromatic rings. The number of thioether (sulfide) groups is 1. The topological polar surface area (TPSA) is 72.9 Å². The van der Waals surface area contributed by atoms with Crippen molar-refractivity contribution in [3.8, 4) is 11.5 Å². The molecule has 2 heterocycles. The summed E-state index contributed by atoms with van der Waals surface area (Å²) in [4.78, 5) is 13.7. The van der Waals surface area contributed by atoms with Crippen LogP contribution in [0.15, 0.2) is 52.3 Å². The van der Waals surface area contributed by atoms with E-state index in [4.69, 9.17) is 9.47 Å². The Balaban J connectivity index is 1.39. The molecule has 6 nitrogen and oxygen atoms in total. The van der Waals surface area contributed by atoms with Crippen molar-refractivity contribution in [2.45, 2.75) is 29.1 Å². The van der Waals surface area contributed by atoms with E-state index >= 15 is 0 Å². The standard InChI is InChI=1S/C21H23NO5S2/c23-19(15-28-17-6-9-20-21(14-17)27-13-12-26-20)16-4-7-18(8-5-16)29(24,25)22-10-2-1-3-11-22/h4-9,14H,1-3,10-13,15H2. The first-order valence-corrected chi connectivity index (χ1v) is 12.1. The lowest BCUT2D eigenvalue weighted by Gasteiger charge is -2.25. The molecule has 0 saturated carbocycles. The second kappa shape index (κ2) is 8.77. The summed E-state index contributed by atoms with van der Waals surface area (Å²) in [5.74, 6) is 1.63. The van der Waals surface area contributed by atoms with Gasteiger partial charge in [-0.3, -0.25) is 4.79 Å². The average molecular weight is 434 g/mol. The summed E-state index contributed by atoms with van der Waals surface area (Å²) in [6.45, 7) is 2.19. The zero-order valence-electron chi connectivity index (χ0n) is 16.0.